The highest BCUT2D eigenvalue weighted by molar-refractivity contribution is 7.99. The first-order valence-corrected chi connectivity index (χ1v) is 10.4. The Morgan fingerprint density at radius 3 is 3.17 bits per heavy atom. The van der Waals surface area contributed by atoms with Crippen molar-refractivity contribution >= 4 is 35.4 Å². The number of nitrogens with zero attached hydrogens (tertiary/aromatic N) is 3. The third-order valence-corrected chi connectivity index (χ3v) is 5.76. The molecule has 2 aliphatic rings. The number of fused-ring (bicyclic) bond motifs is 1. The summed E-state index contributed by atoms with van der Waals surface area (Å²) >= 11 is 1.20. The zero-order valence-electron chi connectivity index (χ0n) is 16.2. The molecule has 9 heteroatoms. The van der Waals surface area contributed by atoms with Crippen LogP contribution in [0.25, 0.3) is 0 Å². The van der Waals surface area contributed by atoms with Crippen molar-refractivity contribution in [2.24, 2.45) is 10.1 Å². The van der Waals surface area contributed by atoms with Gasteiger partial charge in [0.1, 0.15) is 24.0 Å². The van der Waals surface area contributed by atoms with Crippen LogP contribution in [0.2, 0.25) is 0 Å². The van der Waals surface area contributed by atoms with E-state index in [9.17, 15) is 4.79 Å². The van der Waals surface area contributed by atoms with Gasteiger partial charge >= 0.3 is 0 Å². The fourth-order valence-corrected chi connectivity index (χ4v) is 4.16. The number of hydrogen-bond donors (Lipinski definition) is 3. The molecule has 29 heavy (non-hydrogen) atoms. The lowest BCUT2D eigenvalue weighted by atomic mass is 10.0. The lowest BCUT2D eigenvalue weighted by Gasteiger charge is -2.36. The molecular weight excluding hydrogens is 388 g/mol. The summed E-state index contributed by atoms with van der Waals surface area (Å²) in [5, 5.41) is 2.98. The fourth-order valence-electron chi connectivity index (χ4n) is 3.66. The van der Waals surface area contributed by atoms with Gasteiger partial charge in [0.25, 0.3) is 5.91 Å². The van der Waals surface area contributed by atoms with Gasteiger partial charge in [0.2, 0.25) is 0 Å². The van der Waals surface area contributed by atoms with E-state index in [0.717, 1.165) is 37.1 Å². The lowest BCUT2D eigenvalue weighted by Crippen LogP contribution is -2.46. The molecule has 1 amide bonds. The molecular formula is C20H24N6O2S. The predicted molar refractivity (Wildman–Crippen MR) is 116 cm³/mol. The van der Waals surface area contributed by atoms with Gasteiger partial charge in [0, 0.05) is 25.4 Å². The van der Waals surface area contributed by atoms with Gasteiger partial charge in [-0.25, -0.2) is 4.98 Å². The molecule has 0 radical (unpaired) electrons. The average molecular weight is 413 g/mol. The third kappa shape index (κ3) is 4.09. The second-order valence-electron chi connectivity index (χ2n) is 6.99. The Bertz CT molecular complexity index is 935. The van der Waals surface area contributed by atoms with Crippen molar-refractivity contribution < 1.29 is 9.53 Å². The molecule has 1 fully saturated rings. The van der Waals surface area contributed by atoms with E-state index >= 15 is 0 Å². The van der Waals surface area contributed by atoms with Crippen LogP contribution in [0.5, 0.6) is 5.75 Å². The molecule has 1 unspecified atom stereocenters. The van der Waals surface area contributed by atoms with Crippen molar-refractivity contribution in [3.63, 3.8) is 0 Å². The molecule has 2 aliphatic heterocycles. The van der Waals surface area contributed by atoms with Gasteiger partial charge in [-0.05, 0) is 43.5 Å². The van der Waals surface area contributed by atoms with Crippen molar-refractivity contribution in [1.82, 2.24) is 9.88 Å². The summed E-state index contributed by atoms with van der Waals surface area (Å²) in [6.07, 6.45) is 4.62. The monoisotopic (exact) mass is 412 g/mol. The Hall–Kier alpha value is -2.94. The van der Waals surface area contributed by atoms with Gasteiger partial charge in [-0.2, -0.15) is 4.40 Å². The molecule has 8 nitrogen and oxygen atoms in total. The summed E-state index contributed by atoms with van der Waals surface area (Å²) in [7, 11) is 1.79. The van der Waals surface area contributed by atoms with Crippen LogP contribution in [0.1, 0.15) is 35.2 Å². The van der Waals surface area contributed by atoms with Crippen LogP contribution in [-0.2, 0) is 0 Å². The highest BCUT2D eigenvalue weighted by Gasteiger charge is 2.29. The molecule has 0 spiro atoms. The highest BCUT2D eigenvalue weighted by Crippen LogP contribution is 2.32. The van der Waals surface area contributed by atoms with E-state index < -0.39 is 0 Å². The Labute approximate surface area is 174 Å². The number of amides is 1. The average Bonchev–Trinajstić information content (AvgIpc) is 2.77. The van der Waals surface area contributed by atoms with Crippen LogP contribution in [0.15, 0.2) is 40.9 Å². The molecule has 1 aromatic carbocycles. The normalized spacial score (nSPS) is 18.3. The number of aromatic nitrogens is 1. The number of carbonyl (C=O) groups excluding carboxylic acids is 1. The quantitative estimate of drug-likeness (QED) is 0.649. The van der Waals surface area contributed by atoms with Crippen molar-refractivity contribution in [2.75, 3.05) is 30.2 Å². The van der Waals surface area contributed by atoms with E-state index in [4.69, 9.17) is 10.5 Å². The third-order valence-electron chi connectivity index (χ3n) is 5.16. The van der Waals surface area contributed by atoms with E-state index in [1.54, 1.807) is 25.4 Å². The van der Waals surface area contributed by atoms with Crippen LogP contribution in [0, 0.1) is 0 Å². The maximum absolute atomic E-state index is 13.1. The molecule has 1 aromatic heterocycles. The number of nitrogens with one attached hydrogen (secondary N) is 2. The number of amidine groups is 1. The van der Waals surface area contributed by atoms with Crippen molar-refractivity contribution in [3.05, 3.63) is 47.7 Å². The van der Waals surface area contributed by atoms with Crippen molar-refractivity contribution in [2.45, 2.75) is 25.3 Å². The zero-order valence-corrected chi connectivity index (χ0v) is 17.0. The fraction of sp³-hybridized carbons (Fsp3) is 0.350. The van der Waals surface area contributed by atoms with Gasteiger partial charge in [0.15, 0.2) is 0 Å². The first-order chi connectivity index (χ1) is 14.2. The molecule has 4 rings (SSSR count). The number of carbonyl (C=O) groups is 1. The summed E-state index contributed by atoms with van der Waals surface area (Å²) in [6.45, 7) is 1.13. The minimum atomic E-state index is 0.00222. The Balaban J connectivity index is 1.51. The number of hydrogen-bond acceptors (Lipinski definition) is 8. The van der Waals surface area contributed by atoms with Crippen molar-refractivity contribution in [1.29, 1.82) is 0 Å². The number of rotatable bonds is 5. The van der Waals surface area contributed by atoms with Gasteiger partial charge in [0.05, 0.1) is 29.4 Å². The largest absolute Gasteiger partial charge is 0.491 e. The number of pyridine rings is 1. The Morgan fingerprint density at radius 1 is 1.41 bits per heavy atom. The molecule has 1 atom stereocenters. The number of benzene rings is 1. The first-order valence-electron chi connectivity index (χ1n) is 9.64. The topological polar surface area (TPSA) is 105 Å². The standard InChI is InChI=1S/C20H24N6O2S/c1-22-17-11-13(8-9-23-17)20(27)26-10-3-2-5-14(26)12-28-16-7-4-6-15-18(16)19(21)25-29-24-15/h4,6-9,11,14,24H,2-3,5,10,12H2,1H3,(H2,21,25)(H,22,23). The van der Waals surface area contributed by atoms with Crippen LogP contribution < -0.4 is 20.5 Å². The zero-order chi connectivity index (χ0) is 20.2. The number of nitrogens with two attached hydrogens (primary N) is 1. The number of likely N-dealkylation sites (tertiary alicyclic amines) is 1. The van der Waals surface area contributed by atoms with Crippen LogP contribution in [0.3, 0.4) is 0 Å². The summed E-state index contributed by atoms with van der Waals surface area (Å²) < 4.78 is 13.4. The second-order valence-corrected chi connectivity index (χ2v) is 7.56. The Kier molecular flexibility index (Phi) is 5.75. The Morgan fingerprint density at radius 2 is 2.31 bits per heavy atom. The molecule has 0 aliphatic carbocycles. The lowest BCUT2D eigenvalue weighted by molar-refractivity contribution is 0.0528. The second kappa shape index (κ2) is 8.60. The van der Waals surface area contributed by atoms with Crippen LogP contribution in [0.4, 0.5) is 11.5 Å². The molecule has 0 saturated carbocycles. The maximum Gasteiger partial charge on any atom is 0.254 e. The smallest absolute Gasteiger partial charge is 0.254 e. The van der Waals surface area contributed by atoms with Gasteiger partial charge in [-0.3, -0.25) is 4.79 Å². The van der Waals surface area contributed by atoms with Gasteiger partial charge in [-0.1, -0.05) is 6.07 Å². The first kappa shape index (κ1) is 19.4. The number of piperidine rings is 1. The van der Waals surface area contributed by atoms with Crippen LogP contribution >= 0.6 is 12.1 Å². The SMILES string of the molecule is CNc1cc(C(=O)N2CCCCC2COc2cccc3c2C(N)=NSN3)ccn1. The van der Waals surface area contributed by atoms with E-state index in [2.05, 4.69) is 19.4 Å². The van der Waals surface area contributed by atoms with E-state index in [0.29, 0.717) is 29.6 Å². The number of ether oxygens (including phenoxy) is 1. The summed E-state index contributed by atoms with van der Waals surface area (Å²) in [5.41, 5.74) is 8.35. The molecule has 1 saturated heterocycles. The van der Waals surface area contributed by atoms with E-state index in [1.807, 2.05) is 23.1 Å². The molecule has 0 bridgehead atoms. The highest BCUT2D eigenvalue weighted by atomic mass is 32.2. The predicted octanol–water partition coefficient (Wildman–Crippen LogP) is 2.89. The van der Waals surface area contributed by atoms with E-state index in [-0.39, 0.29) is 11.9 Å². The summed E-state index contributed by atoms with van der Waals surface area (Å²) in [6, 6.07) is 9.28. The van der Waals surface area contributed by atoms with Crippen molar-refractivity contribution in [3.8, 4) is 5.75 Å². The number of anilines is 2. The van der Waals surface area contributed by atoms with Crippen LogP contribution in [-0.4, -0.2) is 47.9 Å². The summed E-state index contributed by atoms with van der Waals surface area (Å²) in [5.74, 6) is 1.80. The molecule has 152 valence electrons. The van der Waals surface area contributed by atoms with Gasteiger partial charge < -0.3 is 25.4 Å². The maximum atomic E-state index is 13.1. The molecule has 4 N–H and O–H groups in total. The minimum Gasteiger partial charge on any atom is -0.491 e. The van der Waals surface area contributed by atoms with Gasteiger partial charge in [-0.15, -0.1) is 0 Å². The molecule has 3 heterocycles. The molecule has 2 aromatic rings. The minimum absolute atomic E-state index is 0.00222. The van der Waals surface area contributed by atoms with E-state index in [1.165, 1.54) is 12.1 Å². The summed E-state index contributed by atoms with van der Waals surface area (Å²) in [4.78, 5) is 19.2.